The van der Waals surface area contributed by atoms with Crippen molar-refractivity contribution in [1.82, 2.24) is 15.4 Å². The second-order valence-corrected chi connectivity index (χ2v) is 7.66. The molecular weight excluding hydrogens is 334 g/mol. The third-order valence-electron chi connectivity index (χ3n) is 4.76. The van der Waals surface area contributed by atoms with Gasteiger partial charge in [0.2, 0.25) is 0 Å². The molecule has 2 aromatic heterocycles. The van der Waals surface area contributed by atoms with Crippen LogP contribution < -0.4 is 5.43 Å². The maximum absolute atomic E-state index is 12.6. The lowest BCUT2D eigenvalue weighted by Gasteiger charge is -2.38. The van der Waals surface area contributed by atoms with Crippen LogP contribution in [0.1, 0.15) is 43.7 Å². The molecule has 3 heterocycles. The molecule has 1 amide bonds. The smallest absolute Gasteiger partial charge is 0.301 e. The molecule has 0 unspecified atom stereocenters. The number of rotatable bonds is 3. The minimum Gasteiger partial charge on any atom is -0.448 e. The molecule has 0 radical (unpaired) electrons. The lowest BCUT2D eigenvalue weighted by atomic mass is 10.00. The molecule has 1 aliphatic rings. The van der Waals surface area contributed by atoms with Crippen molar-refractivity contribution in [2.45, 2.75) is 45.2 Å². The van der Waals surface area contributed by atoms with Gasteiger partial charge >= 0.3 is 5.91 Å². The molecule has 1 fully saturated rings. The Kier molecular flexibility index (Phi) is 4.31. The monoisotopic (exact) mass is 355 g/mol. The summed E-state index contributed by atoms with van der Waals surface area (Å²) in [7, 11) is 0. The number of benzene rings is 1. The van der Waals surface area contributed by atoms with Crippen LogP contribution in [0.4, 0.5) is 0 Å². The van der Waals surface area contributed by atoms with E-state index >= 15 is 0 Å². The number of carbonyl (C=O) groups is 1. The third-order valence-corrected chi connectivity index (χ3v) is 5.81. The third kappa shape index (κ3) is 3.19. The zero-order valence-electron chi connectivity index (χ0n) is 14.4. The Morgan fingerprint density at radius 2 is 1.96 bits per heavy atom. The van der Waals surface area contributed by atoms with E-state index in [2.05, 4.69) is 24.3 Å². The Balaban J connectivity index is 1.53. The van der Waals surface area contributed by atoms with E-state index in [-0.39, 0.29) is 5.91 Å². The first kappa shape index (κ1) is 16.3. The molecule has 6 heteroatoms. The molecule has 5 nitrogen and oxygen atoms in total. The first-order valence-corrected chi connectivity index (χ1v) is 9.48. The zero-order chi connectivity index (χ0) is 17.4. The highest BCUT2D eigenvalue weighted by Gasteiger charge is 2.27. The zero-order valence-corrected chi connectivity index (χ0v) is 15.2. The number of para-hydroxylation sites is 1. The van der Waals surface area contributed by atoms with Gasteiger partial charge in [0.05, 0.1) is 10.2 Å². The van der Waals surface area contributed by atoms with Crippen molar-refractivity contribution in [2.75, 3.05) is 0 Å². The number of carbonyl (C=O) groups excluding carboxylic acids is 1. The number of nitrogens with one attached hydrogen (secondary N) is 1. The molecule has 3 aromatic rings. The highest BCUT2D eigenvalue weighted by Crippen LogP contribution is 2.31. The van der Waals surface area contributed by atoms with E-state index in [0.717, 1.165) is 28.1 Å². The van der Waals surface area contributed by atoms with Gasteiger partial charge in [-0.25, -0.2) is 9.99 Å². The van der Waals surface area contributed by atoms with E-state index in [1.165, 1.54) is 6.42 Å². The number of fused-ring (bicyclic) bond motifs is 1. The van der Waals surface area contributed by atoms with Crippen LogP contribution in [0.25, 0.3) is 21.0 Å². The number of thiazole rings is 1. The Morgan fingerprint density at radius 3 is 2.72 bits per heavy atom. The summed E-state index contributed by atoms with van der Waals surface area (Å²) < 4.78 is 6.89. The van der Waals surface area contributed by atoms with E-state index < -0.39 is 0 Å². The largest absolute Gasteiger partial charge is 0.448 e. The summed E-state index contributed by atoms with van der Waals surface area (Å²) in [6, 6.07) is 12.2. The maximum atomic E-state index is 12.6. The summed E-state index contributed by atoms with van der Waals surface area (Å²) in [5.41, 5.74) is 3.95. The number of amides is 1. The van der Waals surface area contributed by atoms with Crippen molar-refractivity contribution in [3.05, 3.63) is 42.2 Å². The average molecular weight is 355 g/mol. The Labute approximate surface area is 150 Å². The average Bonchev–Trinajstić information content (AvgIpc) is 3.24. The fourth-order valence-electron chi connectivity index (χ4n) is 3.37. The summed E-state index contributed by atoms with van der Waals surface area (Å²) in [5, 5.41) is 2.84. The number of hydrogen-bond donors (Lipinski definition) is 1. The van der Waals surface area contributed by atoms with Crippen molar-refractivity contribution < 1.29 is 9.21 Å². The number of furan rings is 1. The fourth-order valence-corrected chi connectivity index (χ4v) is 4.29. The Hall–Kier alpha value is -2.18. The van der Waals surface area contributed by atoms with Crippen molar-refractivity contribution in [1.29, 1.82) is 0 Å². The minimum atomic E-state index is -0.201. The molecule has 1 N–H and O–H groups in total. The maximum Gasteiger partial charge on any atom is 0.301 e. The van der Waals surface area contributed by atoms with Gasteiger partial charge in [0.25, 0.3) is 0 Å². The van der Waals surface area contributed by atoms with Crippen molar-refractivity contribution in [2.24, 2.45) is 0 Å². The van der Waals surface area contributed by atoms with Gasteiger partial charge in [-0.1, -0.05) is 18.6 Å². The van der Waals surface area contributed by atoms with E-state index in [0.29, 0.717) is 23.6 Å². The highest BCUT2D eigenvalue weighted by atomic mass is 32.1. The van der Waals surface area contributed by atoms with Gasteiger partial charge in [0.15, 0.2) is 16.5 Å². The quantitative estimate of drug-likeness (QED) is 0.753. The predicted octanol–water partition coefficient (Wildman–Crippen LogP) is 4.46. The van der Waals surface area contributed by atoms with Crippen LogP contribution in [-0.2, 0) is 0 Å². The van der Waals surface area contributed by atoms with Gasteiger partial charge in [0.1, 0.15) is 0 Å². The summed E-state index contributed by atoms with van der Waals surface area (Å²) in [6.45, 7) is 4.29. The van der Waals surface area contributed by atoms with Gasteiger partial charge in [0, 0.05) is 12.1 Å². The molecule has 1 aromatic carbocycles. The summed E-state index contributed by atoms with van der Waals surface area (Å²) in [4.78, 5) is 17.1. The standard InChI is InChI=1S/C19H21N3O2S/c1-12-6-5-7-13(2)22(12)21-18(23)15-10-11-16(24-15)19-20-14-8-3-4-9-17(14)25-19/h3-4,8-13H,5-7H2,1-2H3,(H,21,23)/t12-,13-/m1/s1. The molecule has 1 saturated heterocycles. The van der Waals surface area contributed by atoms with Crippen molar-refractivity contribution in [3.8, 4) is 10.8 Å². The topological polar surface area (TPSA) is 58.4 Å². The molecule has 25 heavy (non-hydrogen) atoms. The number of hydrazine groups is 1. The molecule has 0 spiro atoms. The van der Waals surface area contributed by atoms with Gasteiger partial charge in [-0.2, -0.15) is 0 Å². The summed E-state index contributed by atoms with van der Waals surface area (Å²) in [5.74, 6) is 0.748. The van der Waals surface area contributed by atoms with Crippen LogP contribution in [0.3, 0.4) is 0 Å². The van der Waals surface area contributed by atoms with Crippen LogP contribution >= 0.6 is 11.3 Å². The van der Waals surface area contributed by atoms with Gasteiger partial charge < -0.3 is 4.42 Å². The van der Waals surface area contributed by atoms with E-state index in [1.807, 2.05) is 35.3 Å². The Morgan fingerprint density at radius 1 is 1.20 bits per heavy atom. The molecule has 4 rings (SSSR count). The number of hydrogen-bond acceptors (Lipinski definition) is 5. The van der Waals surface area contributed by atoms with Gasteiger partial charge in [-0.3, -0.25) is 10.2 Å². The molecule has 130 valence electrons. The second kappa shape index (κ2) is 6.61. The van der Waals surface area contributed by atoms with Gasteiger partial charge in [-0.05, 0) is 51.0 Å². The van der Waals surface area contributed by atoms with Crippen LogP contribution in [-0.4, -0.2) is 28.0 Å². The second-order valence-electron chi connectivity index (χ2n) is 6.63. The Bertz CT molecular complexity index is 858. The van der Waals surface area contributed by atoms with Crippen LogP contribution in [0.2, 0.25) is 0 Å². The van der Waals surface area contributed by atoms with E-state index in [4.69, 9.17) is 4.42 Å². The highest BCUT2D eigenvalue weighted by molar-refractivity contribution is 7.21. The normalized spacial score (nSPS) is 21.5. The first-order valence-electron chi connectivity index (χ1n) is 8.67. The first-order chi connectivity index (χ1) is 12.1. The summed E-state index contributed by atoms with van der Waals surface area (Å²) in [6.07, 6.45) is 3.40. The minimum absolute atomic E-state index is 0.201. The SMILES string of the molecule is C[C@@H]1CCC[C@@H](C)N1NC(=O)c1ccc(-c2nc3ccccc3s2)o1. The molecular formula is C19H21N3O2S. The molecule has 0 aliphatic carbocycles. The van der Waals surface area contributed by atoms with E-state index in [9.17, 15) is 4.79 Å². The lowest BCUT2D eigenvalue weighted by Crippen LogP contribution is -2.54. The van der Waals surface area contributed by atoms with Crippen molar-refractivity contribution in [3.63, 3.8) is 0 Å². The van der Waals surface area contributed by atoms with Crippen LogP contribution in [0.15, 0.2) is 40.8 Å². The summed E-state index contributed by atoms with van der Waals surface area (Å²) >= 11 is 1.56. The number of nitrogens with zero attached hydrogens (tertiary/aromatic N) is 2. The molecule has 0 bridgehead atoms. The molecule has 1 aliphatic heterocycles. The van der Waals surface area contributed by atoms with Gasteiger partial charge in [-0.15, -0.1) is 11.3 Å². The lowest BCUT2D eigenvalue weighted by molar-refractivity contribution is 0.0351. The number of piperidine rings is 1. The molecule has 2 atom stereocenters. The predicted molar refractivity (Wildman–Crippen MR) is 99.4 cm³/mol. The van der Waals surface area contributed by atoms with Crippen LogP contribution in [0.5, 0.6) is 0 Å². The van der Waals surface area contributed by atoms with Crippen LogP contribution in [0, 0.1) is 0 Å². The number of aromatic nitrogens is 1. The molecule has 0 saturated carbocycles. The fraction of sp³-hybridized carbons (Fsp3) is 0.368. The van der Waals surface area contributed by atoms with E-state index in [1.54, 1.807) is 17.4 Å². The van der Waals surface area contributed by atoms with Crippen molar-refractivity contribution >= 4 is 27.5 Å².